The smallest absolute Gasteiger partial charge is 0.188 e. The lowest BCUT2D eigenvalue weighted by molar-refractivity contribution is 0.326. The van der Waals surface area contributed by atoms with Crippen LogP contribution in [-0.2, 0) is 0 Å². The first-order valence-corrected chi connectivity index (χ1v) is 8.00. The standard InChI is InChI=1S/C17H27N3O.HI/c1-14-8-6-7-11-16(14)21-13-12-19-17(18)20-15-9-4-2-3-5-10-15;/h6-8,11,15H,2-5,9-10,12-13H2,1H3,(H3,18,19,20);1H. The maximum Gasteiger partial charge on any atom is 0.188 e. The fourth-order valence-corrected chi connectivity index (χ4v) is 2.72. The molecule has 0 aliphatic heterocycles. The van der Waals surface area contributed by atoms with Gasteiger partial charge in [0.25, 0.3) is 0 Å². The van der Waals surface area contributed by atoms with Gasteiger partial charge in [-0.1, -0.05) is 43.9 Å². The SMILES string of the molecule is Cc1ccccc1OCCN=C(N)NC1CCCCCC1.I. The van der Waals surface area contributed by atoms with Gasteiger partial charge >= 0.3 is 0 Å². The molecule has 0 heterocycles. The second-order valence-electron chi connectivity index (χ2n) is 5.71. The van der Waals surface area contributed by atoms with Gasteiger partial charge in [-0.3, -0.25) is 0 Å². The molecule has 0 saturated heterocycles. The van der Waals surface area contributed by atoms with Crippen LogP contribution in [0.25, 0.3) is 0 Å². The minimum atomic E-state index is 0. The zero-order valence-electron chi connectivity index (χ0n) is 13.4. The normalized spacial score (nSPS) is 16.5. The summed E-state index contributed by atoms with van der Waals surface area (Å²) in [6, 6.07) is 8.50. The molecule has 124 valence electrons. The number of hydrogen-bond donors (Lipinski definition) is 2. The maximum atomic E-state index is 5.95. The molecule has 5 heteroatoms. The Hall–Kier alpha value is -0.980. The van der Waals surface area contributed by atoms with Crippen molar-refractivity contribution >= 4 is 29.9 Å². The Morgan fingerprint density at radius 3 is 2.59 bits per heavy atom. The van der Waals surface area contributed by atoms with Crippen molar-refractivity contribution in [1.29, 1.82) is 0 Å². The quantitative estimate of drug-likeness (QED) is 0.253. The third-order valence-corrected chi connectivity index (χ3v) is 3.93. The number of aryl methyl sites for hydroxylation is 1. The Balaban J connectivity index is 0.00000242. The Labute approximate surface area is 150 Å². The first-order chi connectivity index (χ1) is 10.3. The highest BCUT2D eigenvalue weighted by atomic mass is 127. The molecule has 0 amide bonds. The number of para-hydroxylation sites is 1. The molecule has 1 fully saturated rings. The lowest BCUT2D eigenvalue weighted by Gasteiger charge is -2.16. The van der Waals surface area contributed by atoms with E-state index in [-0.39, 0.29) is 24.0 Å². The van der Waals surface area contributed by atoms with Crippen molar-refractivity contribution < 1.29 is 4.74 Å². The third kappa shape index (κ3) is 6.85. The van der Waals surface area contributed by atoms with Gasteiger partial charge in [-0.25, -0.2) is 4.99 Å². The van der Waals surface area contributed by atoms with Crippen LogP contribution in [0.1, 0.15) is 44.1 Å². The molecule has 2 rings (SSSR count). The van der Waals surface area contributed by atoms with Crippen molar-refractivity contribution in [2.24, 2.45) is 10.7 Å². The molecule has 0 spiro atoms. The van der Waals surface area contributed by atoms with Crippen LogP contribution in [0.15, 0.2) is 29.3 Å². The van der Waals surface area contributed by atoms with Crippen molar-refractivity contribution in [2.75, 3.05) is 13.2 Å². The molecular formula is C17H28IN3O. The molecule has 0 bridgehead atoms. The van der Waals surface area contributed by atoms with Crippen LogP contribution in [0.2, 0.25) is 0 Å². The third-order valence-electron chi connectivity index (χ3n) is 3.93. The van der Waals surface area contributed by atoms with Crippen LogP contribution in [-0.4, -0.2) is 25.2 Å². The average Bonchev–Trinajstić information content (AvgIpc) is 2.74. The molecule has 1 aromatic rings. The fraction of sp³-hybridized carbons (Fsp3) is 0.588. The first kappa shape index (κ1) is 19.1. The van der Waals surface area contributed by atoms with Crippen molar-refractivity contribution in [3.8, 4) is 5.75 Å². The average molecular weight is 417 g/mol. The number of benzene rings is 1. The van der Waals surface area contributed by atoms with Gasteiger partial charge in [0.05, 0.1) is 6.54 Å². The highest BCUT2D eigenvalue weighted by Crippen LogP contribution is 2.17. The van der Waals surface area contributed by atoms with Gasteiger partial charge in [0.15, 0.2) is 5.96 Å². The van der Waals surface area contributed by atoms with E-state index in [4.69, 9.17) is 10.5 Å². The Morgan fingerprint density at radius 1 is 1.23 bits per heavy atom. The van der Waals surface area contributed by atoms with E-state index in [1.165, 1.54) is 38.5 Å². The summed E-state index contributed by atoms with van der Waals surface area (Å²) in [5.41, 5.74) is 7.09. The topological polar surface area (TPSA) is 59.6 Å². The number of rotatable bonds is 5. The summed E-state index contributed by atoms with van der Waals surface area (Å²) in [7, 11) is 0. The summed E-state index contributed by atoms with van der Waals surface area (Å²) in [6.45, 7) is 3.18. The van der Waals surface area contributed by atoms with Crippen molar-refractivity contribution in [1.82, 2.24) is 5.32 Å². The van der Waals surface area contributed by atoms with E-state index in [9.17, 15) is 0 Å². The van der Waals surface area contributed by atoms with E-state index >= 15 is 0 Å². The van der Waals surface area contributed by atoms with Gasteiger partial charge in [-0.05, 0) is 31.4 Å². The van der Waals surface area contributed by atoms with Gasteiger partial charge in [0, 0.05) is 6.04 Å². The molecular weight excluding hydrogens is 389 g/mol. The lowest BCUT2D eigenvalue weighted by Crippen LogP contribution is -2.40. The van der Waals surface area contributed by atoms with E-state index < -0.39 is 0 Å². The summed E-state index contributed by atoms with van der Waals surface area (Å²) in [5, 5.41) is 3.34. The second-order valence-corrected chi connectivity index (χ2v) is 5.71. The van der Waals surface area contributed by atoms with Gasteiger partial charge in [0.2, 0.25) is 0 Å². The van der Waals surface area contributed by atoms with E-state index in [0.29, 0.717) is 25.2 Å². The monoisotopic (exact) mass is 417 g/mol. The van der Waals surface area contributed by atoms with Gasteiger partial charge in [0.1, 0.15) is 12.4 Å². The molecule has 0 atom stereocenters. The van der Waals surface area contributed by atoms with Crippen LogP contribution >= 0.6 is 24.0 Å². The molecule has 1 aromatic carbocycles. The summed E-state index contributed by atoms with van der Waals surface area (Å²) in [6.07, 6.45) is 7.69. The van der Waals surface area contributed by atoms with E-state index in [1.54, 1.807) is 0 Å². The lowest BCUT2D eigenvalue weighted by atomic mass is 10.1. The summed E-state index contributed by atoms with van der Waals surface area (Å²) in [4.78, 5) is 4.35. The van der Waals surface area contributed by atoms with Gasteiger partial charge in [-0.15, -0.1) is 24.0 Å². The minimum Gasteiger partial charge on any atom is -0.491 e. The highest BCUT2D eigenvalue weighted by molar-refractivity contribution is 14.0. The van der Waals surface area contributed by atoms with Crippen LogP contribution in [0.5, 0.6) is 5.75 Å². The number of halogens is 1. The summed E-state index contributed by atoms with van der Waals surface area (Å²) in [5.74, 6) is 1.47. The Morgan fingerprint density at radius 2 is 1.91 bits per heavy atom. The number of nitrogens with zero attached hydrogens (tertiary/aromatic N) is 1. The number of nitrogens with one attached hydrogen (secondary N) is 1. The van der Waals surface area contributed by atoms with Crippen LogP contribution in [0, 0.1) is 6.92 Å². The predicted octanol–water partition coefficient (Wildman–Crippen LogP) is 3.62. The highest BCUT2D eigenvalue weighted by Gasteiger charge is 2.12. The Kier molecular flexibility index (Phi) is 9.27. The number of hydrogen-bond acceptors (Lipinski definition) is 2. The molecule has 0 unspecified atom stereocenters. The number of ether oxygens (including phenoxy) is 1. The molecule has 1 saturated carbocycles. The molecule has 22 heavy (non-hydrogen) atoms. The van der Waals surface area contributed by atoms with Crippen LogP contribution < -0.4 is 15.8 Å². The second kappa shape index (κ2) is 10.7. The number of nitrogens with two attached hydrogens (primary N) is 1. The largest absolute Gasteiger partial charge is 0.491 e. The van der Waals surface area contributed by atoms with Crippen LogP contribution in [0.3, 0.4) is 0 Å². The predicted molar refractivity (Wildman–Crippen MR) is 103 cm³/mol. The van der Waals surface area contributed by atoms with Crippen molar-refractivity contribution in [3.05, 3.63) is 29.8 Å². The number of aliphatic imine (C=N–C) groups is 1. The zero-order chi connectivity index (χ0) is 14.9. The molecule has 0 aromatic heterocycles. The van der Waals surface area contributed by atoms with Gasteiger partial charge in [-0.2, -0.15) is 0 Å². The molecule has 1 aliphatic carbocycles. The van der Waals surface area contributed by atoms with E-state index in [2.05, 4.69) is 10.3 Å². The van der Waals surface area contributed by atoms with E-state index in [1.807, 2.05) is 31.2 Å². The van der Waals surface area contributed by atoms with Crippen LogP contribution in [0.4, 0.5) is 0 Å². The fourth-order valence-electron chi connectivity index (χ4n) is 2.72. The Bertz CT molecular complexity index is 457. The zero-order valence-corrected chi connectivity index (χ0v) is 15.7. The summed E-state index contributed by atoms with van der Waals surface area (Å²) >= 11 is 0. The molecule has 0 radical (unpaired) electrons. The van der Waals surface area contributed by atoms with Crippen molar-refractivity contribution in [3.63, 3.8) is 0 Å². The molecule has 4 nitrogen and oxygen atoms in total. The van der Waals surface area contributed by atoms with Crippen molar-refractivity contribution in [2.45, 2.75) is 51.5 Å². The first-order valence-electron chi connectivity index (χ1n) is 8.00. The summed E-state index contributed by atoms with van der Waals surface area (Å²) < 4.78 is 5.71. The van der Waals surface area contributed by atoms with Gasteiger partial charge < -0.3 is 15.8 Å². The molecule has 3 N–H and O–H groups in total. The minimum absolute atomic E-state index is 0. The van der Waals surface area contributed by atoms with E-state index in [0.717, 1.165) is 11.3 Å². The maximum absolute atomic E-state index is 5.95. The molecule has 1 aliphatic rings. The number of guanidine groups is 1.